The van der Waals surface area contributed by atoms with Crippen molar-refractivity contribution in [2.75, 3.05) is 6.61 Å². The van der Waals surface area contributed by atoms with Crippen molar-refractivity contribution in [1.29, 1.82) is 0 Å². The number of aliphatic imine (C=N–C) groups is 1. The molecule has 11 heteroatoms. The number of hydrogen-bond donors (Lipinski definition) is 0. The van der Waals surface area contributed by atoms with Crippen molar-refractivity contribution in [1.82, 2.24) is 0 Å². The predicted octanol–water partition coefficient (Wildman–Crippen LogP) is 5.35. The molecule has 0 atom stereocenters. The van der Waals surface area contributed by atoms with E-state index in [1.54, 1.807) is 13.0 Å². The summed E-state index contributed by atoms with van der Waals surface area (Å²) < 4.78 is 16.1. The van der Waals surface area contributed by atoms with Crippen molar-refractivity contribution in [3.8, 4) is 11.5 Å². The van der Waals surface area contributed by atoms with Gasteiger partial charge in [-0.15, -0.1) is 0 Å². The first-order valence-corrected chi connectivity index (χ1v) is 10.6. The van der Waals surface area contributed by atoms with Crippen LogP contribution in [0, 0.1) is 10.1 Å². The minimum atomic E-state index is -0.744. The number of benzene rings is 2. The number of nitro benzene ring substituents is 1. The fourth-order valence-corrected chi connectivity index (χ4v) is 3.39. The van der Waals surface area contributed by atoms with E-state index in [4.69, 9.17) is 37.4 Å². The maximum absolute atomic E-state index is 12.3. The molecule has 0 unspecified atom stereocenters. The first kappa shape index (κ1) is 24.2. The molecule has 0 spiro atoms. The lowest BCUT2D eigenvalue weighted by Gasteiger charge is -2.13. The SMILES string of the molecule is CCCC(=O)Oc1c(Cl)cc(/C=C2\N=C(c3ccc([N+](=O)[O-])cc3Cl)OC2=O)cc1OCC. The zero-order chi connectivity index (χ0) is 24.1. The first-order chi connectivity index (χ1) is 15.7. The smallest absolute Gasteiger partial charge is 0.363 e. The van der Waals surface area contributed by atoms with Crippen LogP contribution in [0.3, 0.4) is 0 Å². The summed E-state index contributed by atoms with van der Waals surface area (Å²) in [5, 5.41) is 11.0. The Labute approximate surface area is 198 Å². The van der Waals surface area contributed by atoms with Crippen LogP contribution >= 0.6 is 23.2 Å². The molecule has 0 radical (unpaired) electrons. The van der Waals surface area contributed by atoms with Gasteiger partial charge in [0.05, 0.1) is 27.1 Å². The third-order valence-electron chi connectivity index (χ3n) is 4.32. The molecule has 0 aliphatic carbocycles. The molecule has 1 aliphatic rings. The molecule has 2 aromatic carbocycles. The molecule has 9 nitrogen and oxygen atoms in total. The second-order valence-electron chi connectivity index (χ2n) is 6.74. The lowest BCUT2D eigenvalue weighted by molar-refractivity contribution is -0.384. The second kappa shape index (κ2) is 10.5. The minimum absolute atomic E-state index is 0.0110. The van der Waals surface area contributed by atoms with E-state index in [-0.39, 0.29) is 57.4 Å². The van der Waals surface area contributed by atoms with Gasteiger partial charge in [0, 0.05) is 18.6 Å². The van der Waals surface area contributed by atoms with E-state index in [1.165, 1.54) is 24.3 Å². The Hall–Kier alpha value is -3.43. The number of cyclic esters (lactones) is 1. The summed E-state index contributed by atoms with van der Waals surface area (Å²) in [6.07, 6.45) is 2.26. The number of non-ortho nitro benzene ring substituents is 1. The molecular formula is C22H18Cl2N2O7. The average Bonchev–Trinajstić information content (AvgIpc) is 3.10. The largest absolute Gasteiger partial charge is 0.490 e. The normalized spacial score (nSPS) is 14.1. The monoisotopic (exact) mass is 492 g/mol. The average molecular weight is 493 g/mol. The Kier molecular flexibility index (Phi) is 7.67. The molecule has 0 saturated carbocycles. The highest BCUT2D eigenvalue weighted by atomic mass is 35.5. The van der Waals surface area contributed by atoms with Crippen LogP contribution in [0.2, 0.25) is 10.0 Å². The van der Waals surface area contributed by atoms with Gasteiger partial charge in [-0.2, -0.15) is 0 Å². The van der Waals surface area contributed by atoms with E-state index in [0.29, 0.717) is 12.0 Å². The van der Waals surface area contributed by atoms with Crippen molar-refractivity contribution in [3.63, 3.8) is 0 Å². The molecule has 0 amide bonds. The van der Waals surface area contributed by atoms with Gasteiger partial charge in [0.15, 0.2) is 17.2 Å². The van der Waals surface area contributed by atoms with E-state index >= 15 is 0 Å². The molecule has 3 rings (SSSR count). The van der Waals surface area contributed by atoms with Gasteiger partial charge < -0.3 is 14.2 Å². The standard InChI is InChI=1S/C22H18Cl2N2O7/c1-3-5-19(27)32-20-16(24)8-12(10-18(20)31-4-2)9-17-22(28)33-21(25-17)14-7-6-13(26(29)30)11-15(14)23/h6-11H,3-5H2,1-2H3/b17-9-. The van der Waals surface area contributed by atoms with Crippen LogP contribution in [0.4, 0.5) is 5.69 Å². The van der Waals surface area contributed by atoms with Crippen LogP contribution in [0.15, 0.2) is 41.0 Å². The molecule has 172 valence electrons. The number of nitro groups is 1. The maximum atomic E-state index is 12.3. The molecular weight excluding hydrogens is 475 g/mol. The maximum Gasteiger partial charge on any atom is 0.363 e. The summed E-state index contributed by atoms with van der Waals surface area (Å²) in [4.78, 5) is 38.7. The van der Waals surface area contributed by atoms with Gasteiger partial charge in [-0.25, -0.2) is 9.79 Å². The van der Waals surface area contributed by atoms with Gasteiger partial charge in [-0.05, 0) is 43.2 Å². The summed E-state index contributed by atoms with van der Waals surface area (Å²) in [6.45, 7) is 3.90. The summed E-state index contributed by atoms with van der Waals surface area (Å²) in [6, 6.07) is 6.76. The number of halogens is 2. The van der Waals surface area contributed by atoms with Crippen molar-refractivity contribution >= 4 is 52.8 Å². The molecule has 0 aromatic heterocycles. The van der Waals surface area contributed by atoms with E-state index in [1.807, 2.05) is 6.92 Å². The number of rotatable bonds is 8. The van der Waals surface area contributed by atoms with Gasteiger partial charge in [0.25, 0.3) is 5.69 Å². The highest BCUT2D eigenvalue weighted by Crippen LogP contribution is 2.38. The molecule has 33 heavy (non-hydrogen) atoms. The highest BCUT2D eigenvalue weighted by molar-refractivity contribution is 6.35. The van der Waals surface area contributed by atoms with Crippen molar-refractivity contribution in [2.45, 2.75) is 26.7 Å². The number of hydrogen-bond acceptors (Lipinski definition) is 8. The summed E-state index contributed by atoms with van der Waals surface area (Å²) >= 11 is 12.4. The van der Waals surface area contributed by atoms with E-state index in [0.717, 1.165) is 6.07 Å². The summed E-state index contributed by atoms with van der Waals surface area (Å²) in [5.41, 5.74) is 0.423. The molecule has 0 bridgehead atoms. The van der Waals surface area contributed by atoms with Crippen molar-refractivity contribution < 1.29 is 28.7 Å². The summed E-state index contributed by atoms with van der Waals surface area (Å²) in [5.74, 6) is -0.954. The number of carbonyl (C=O) groups excluding carboxylic acids is 2. The van der Waals surface area contributed by atoms with Crippen molar-refractivity contribution in [2.24, 2.45) is 4.99 Å². The van der Waals surface area contributed by atoms with Crippen LogP contribution in [0.5, 0.6) is 11.5 Å². The van der Waals surface area contributed by atoms with E-state index in [9.17, 15) is 19.7 Å². The van der Waals surface area contributed by atoms with Crippen molar-refractivity contribution in [3.05, 3.63) is 67.3 Å². The molecule has 1 aliphatic heterocycles. The Bertz CT molecular complexity index is 1190. The predicted molar refractivity (Wildman–Crippen MR) is 122 cm³/mol. The Morgan fingerprint density at radius 3 is 2.61 bits per heavy atom. The van der Waals surface area contributed by atoms with Gasteiger partial charge >= 0.3 is 11.9 Å². The molecule has 1 heterocycles. The highest BCUT2D eigenvalue weighted by Gasteiger charge is 2.27. The van der Waals surface area contributed by atoms with Crippen LogP contribution < -0.4 is 9.47 Å². The van der Waals surface area contributed by atoms with Crippen LogP contribution in [0.25, 0.3) is 6.08 Å². The van der Waals surface area contributed by atoms with E-state index < -0.39 is 16.9 Å². The minimum Gasteiger partial charge on any atom is -0.490 e. The number of carbonyl (C=O) groups is 2. The summed E-state index contributed by atoms with van der Waals surface area (Å²) in [7, 11) is 0. The van der Waals surface area contributed by atoms with Gasteiger partial charge in [0.2, 0.25) is 5.90 Å². The molecule has 0 saturated heterocycles. The lowest BCUT2D eigenvalue weighted by atomic mass is 10.1. The topological polar surface area (TPSA) is 117 Å². The number of ether oxygens (including phenoxy) is 3. The Balaban J connectivity index is 1.95. The van der Waals surface area contributed by atoms with Gasteiger partial charge in [0.1, 0.15) is 0 Å². The molecule has 0 N–H and O–H groups in total. The fraction of sp³-hybridized carbons (Fsp3) is 0.227. The van der Waals surface area contributed by atoms with Gasteiger partial charge in [-0.3, -0.25) is 14.9 Å². The van der Waals surface area contributed by atoms with E-state index in [2.05, 4.69) is 4.99 Å². The van der Waals surface area contributed by atoms with Crippen LogP contribution in [-0.4, -0.2) is 29.4 Å². The third-order valence-corrected chi connectivity index (χ3v) is 4.91. The quantitative estimate of drug-likeness (QED) is 0.160. The fourth-order valence-electron chi connectivity index (χ4n) is 2.88. The van der Waals surface area contributed by atoms with Gasteiger partial charge in [-0.1, -0.05) is 30.1 Å². The van der Waals surface area contributed by atoms with Crippen LogP contribution in [0.1, 0.15) is 37.8 Å². The number of esters is 2. The molecule has 2 aromatic rings. The Morgan fingerprint density at radius 1 is 1.21 bits per heavy atom. The zero-order valence-corrected chi connectivity index (χ0v) is 19.1. The lowest BCUT2D eigenvalue weighted by Crippen LogP contribution is -2.09. The second-order valence-corrected chi connectivity index (χ2v) is 7.56. The zero-order valence-electron chi connectivity index (χ0n) is 17.6. The molecule has 0 fully saturated rings. The first-order valence-electron chi connectivity index (χ1n) is 9.87. The third kappa shape index (κ3) is 5.68. The Morgan fingerprint density at radius 2 is 1.97 bits per heavy atom. The van der Waals surface area contributed by atoms with Crippen LogP contribution in [-0.2, 0) is 14.3 Å². The number of nitrogens with zero attached hydrogens (tertiary/aromatic N) is 2.